The molecule has 154 valence electrons. The maximum Gasteiger partial charge on any atom is 0.416 e. The molecule has 0 N–H and O–H groups in total. The fourth-order valence-electron chi connectivity index (χ4n) is 3.57. The van der Waals surface area contributed by atoms with Crippen LogP contribution in [-0.2, 0) is 6.18 Å². The molecule has 31 heavy (non-hydrogen) atoms. The molecule has 0 saturated carbocycles. The van der Waals surface area contributed by atoms with Gasteiger partial charge in [-0.2, -0.15) is 18.3 Å². The molecule has 3 nitrogen and oxygen atoms in total. The van der Waals surface area contributed by atoms with E-state index >= 15 is 0 Å². The van der Waals surface area contributed by atoms with Crippen molar-refractivity contribution in [3.8, 4) is 16.9 Å². The van der Waals surface area contributed by atoms with E-state index in [1.54, 1.807) is 4.68 Å². The summed E-state index contributed by atoms with van der Waals surface area (Å²) in [5.74, 6) is -0.577. The average molecular weight is 442 g/mol. The fourth-order valence-corrected chi connectivity index (χ4v) is 3.75. The molecule has 0 fully saturated rings. The number of pyridine rings is 1. The third kappa shape index (κ3) is 3.31. The zero-order valence-electron chi connectivity index (χ0n) is 15.7. The quantitative estimate of drug-likeness (QED) is 0.275. The Kier molecular flexibility index (Phi) is 4.44. The van der Waals surface area contributed by atoms with Gasteiger partial charge < -0.3 is 0 Å². The van der Waals surface area contributed by atoms with Gasteiger partial charge in [0.25, 0.3) is 0 Å². The van der Waals surface area contributed by atoms with Crippen LogP contribution in [0.5, 0.6) is 0 Å². The van der Waals surface area contributed by atoms with Gasteiger partial charge in [0.05, 0.1) is 27.3 Å². The molecule has 0 spiro atoms. The van der Waals surface area contributed by atoms with E-state index in [1.807, 2.05) is 30.3 Å². The minimum atomic E-state index is -4.48. The molecule has 8 heteroatoms. The molecule has 0 bridgehead atoms. The highest BCUT2D eigenvalue weighted by Crippen LogP contribution is 2.36. The Balaban J connectivity index is 1.87. The molecule has 5 aromatic rings. The van der Waals surface area contributed by atoms with Gasteiger partial charge in [0.1, 0.15) is 11.5 Å². The molecule has 0 aliphatic heterocycles. The van der Waals surface area contributed by atoms with Crippen LogP contribution in [0.2, 0.25) is 5.02 Å². The van der Waals surface area contributed by atoms with Gasteiger partial charge in [0.15, 0.2) is 0 Å². The largest absolute Gasteiger partial charge is 0.416 e. The Hall–Kier alpha value is -3.45. The van der Waals surface area contributed by atoms with Gasteiger partial charge >= 0.3 is 6.18 Å². The summed E-state index contributed by atoms with van der Waals surface area (Å²) in [7, 11) is 0. The number of rotatable bonds is 2. The van der Waals surface area contributed by atoms with E-state index in [0.717, 1.165) is 17.7 Å². The van der Waals surface area contributed by atoms with Crippen molar-refractivity contribution in [1.82, 2.24) is 14.8 Å². The number of fused-ring (bicyclic) bond motifs is 3. The summed E-state index contributed by atoms with van der Waals surface area (Å²) in [6.45, 7) is 0. The molecule has 0 atom stereocenters. The van der Waals surface area contributed by atoms with Gasteiger partial charge in [-0.25, -0.2) is 9.07 Å². The van der Waals surface area contributed by atoms with E-state index in [0.29, 0.717) is 27.7 Å². The molecule has 0 unspecified atom stereocenters. The first kappa shape index (κ1) is 19.5. The van der Waals surface area contributed by atoms with Crippen molar-refractivity contribution in [3.63, 3.8) is 0 Å². The van der Waals surface area contributed by atoms with E-state index in [-0.39, 0.29) is 10.5 Å². The lowest BCUT2D eigenvalue weighted by atomic mass is 10.1. The van der Waals surface area contributed by atoms with Crippen molar-refractivity contribution in [2.24, 2.45) is 0 Å². The highest BCUT2D eigenvalue weighted by molar-refractivity contribution is 6.30. The van der Waals surface area contributed by atoms with Gasteiger partial charge in [0.2, 0.25) is 0 Å². The lowest BCUT2D eigenvalue weighted by Crippen LogP contribution is -2.05. The minimum absolute atomic E-state index is 0.0832. The number of aromatic nitrogens is 3. The second-order valence-corrected chi connectivity index (χ2v) is 7.38. The summed E-state index contributed by atoms with van der Waals surface area (Å²) < 4.78 is 54.8. The third-order valence-corrected chi connectivity index (χ3v) is 5.32. The van der Waals surface area contributed by atoms with Crippen LogP contribution < -0.4 is 0 Å². The smallest absolute Gasteiger partial charge is 0.255 e. The van der Waals surface area contributed by atoms with Gasteiger partial charge in [-0.3, -0.25) is 4.98 Å². The van der Waals surface area contributed by atoms with Crippen LogP contribution in [0.1, 0.15) is 5.56 Å². The minimum Gasteiger partial charge on any atom is -0.255 e. The Morgan fingerprint density at radius 1 is 0.871 bits per heavy atom. The Labute approximate surface area is 178 Å². The predicted molar refractivity (Wildman–Crippen MR) is 112 cm³/mol. The summed E-state index contributed by atoms with van der Waals surface area (Å²) in [5.41, 5.74) is 1.84. The number of hydrogen-bond acceptors (Lipinski definition) is 2. The SMILES string of the molecule is Fc1ccc(-n2nc(-c3ccccc3)c3cnc4cc(C(F)(F)F)ccc4c32)cc1Cl. The number of nitrogens with zero attached hydrogens (tertiary/aromatic N) is 3. The van der Waals surface area contributed by atoms with Crippen molar-refractivity contribution in [1.29, 1.82) is 0 Å². The van der Waals surface area contributed by atoms with Crippen LogP contribution in [0.3, 0.4) is 0 Å². The monoisotopic (exact) mass is 441 g/mol. The molecule has 5 rings (SSSR count). The normalized spacial score (nSPS) is 12.0. The van der Waals surface area contributed by atoms with Gasteiger partial charge in [0, 0.05) is 22.5 Å². The summed E-state index contributed by atoms with van der Waals surface area (Å²) in [6, 6.07) is 16.9. The van der Waals surface area contributed by atoms with Gasteiger partial charge in [-0.1, -0.05) is 48.0 Å². The zero-order chi connectivity index (χ0) is 21.8. The second-order valence-electron chi connectivity index (χ2n) is 6.98. The van der Waals surface area contributed by atoms with E-state index in [2.05, 4.69) is 4.98 Å². The second kappa shape index (κ2) is 7.06. The summed E-state index contributed by atoms with van der Waals surface area (Å²) in [6.07, 6.45) is -2.97. The Bertz CT molecular complexity index is 1440. The standard InChI is InChI=1S/C23H12ClF4N3/c24-18-11-15(7-9-19(18)25)31-22-16-8-6-14(23(26,27)28)10-20(16)29-12-17(22)21(30-31)13-4-2-1-3-5-13/h1-12H. The van der Waals surface area contributed by atoms with E-state index in [1.165, 1.54) is 30.5 Å². The van der Waals surface area contributed by atoms with Crippen molar-refractivity contribution in [2.75, 3.05) is 0 Å². The van der Waals surface area contributed by atoms with Gasteiger partial charge in [-0.05, 0) is 30.3 Å². The Morgan fingerprint density at radius 2 is 1.65 bits per heavy atom. The Morgan fingerprint density at radius 3 is 2.35 bits per heavy atom. The molecular weight excluding hydrogens is 430 g/mol. The summed E-state index contributed by atoms with van der Waals surface area (Å²) >= 11 is 5.97. The van der Waals surface area contributed by atoms with Crippen LogP contribution in [0, 0.1) is 5.82 Å². The van der Waals surface area contributed by atoms with Crippen LogP contribution in [0.15, 0.2) is 72.9 Å². The number of alkyl halides is 3. The maximum atomic E-state index is 13.7. The molecule has 0 aliphatic rings. The van der Waals surface area contributed by atoms with Crippen molar-refractivity contribution >= 4 is 33.4 Å². The van der Waals surface area contributed by atoms with E-state index in [9.17, 15) is 17.6 Å². The van der Waals surface area contributed by atoms with E-state index < -0.39 is 17.6 Å². The number of halogens is 5. The first-order valence-electron chi connectivity index (χ1n) is 9.22. The molecule has 0 saturated heterocycles. The molecule has 2 heterocycles. The third-order valence-electron chi connectivity index (χ3n) is 5.03. The van der Waals surface area contributed by atoms with Gasteiger partial charge in [-0.15, -0.1) is 0 Å². The molecule has 0 amide bonds. The number of benzene rings is 3. The molecular formula is C23H12ClF4N3. The first-order valence-corrected chi connectivity index (χ1v) is 9.60. The summed E-state index contributed by atoms with van der Waals surface area (Å²) in [5, 5.41) is 5.75. The van der Waals surface area contributed by atoms with Crippen LogP contribution >= 0.6 is 11.6 Å². The zero-order valence-corrected chi connectivity index (χ0v) is 16.4. The molecule has 3 aromatic carbocycles. The first-order chi connectivity index (χ1) is 14.8. The lowest BCUT2D eigenvalue weighted by molar-refractivity contribution is -0.137. The van der Waals surface area contributed by atoms with Crippen molar-refractivity contribution in [2.45, 2.75) is 6.18 Å². The maximum absolute atomic E-state index is 13.7. The lowest BCUT2D eigenvalue weighted by Gasteiger charge is -2.09. The molecule has 2 aromatic heterocycles. The fraction of sp³-hybridized carbons (Fsp3) is 0.0435. The van der Waals surface area contributed by atoms with Crippen LogP contribution in [-0.4, -0.2) is 14.8 Å². The molecule has 0 radical (unpaired) electrons. The topological polar surface area (TPSA) is 30.7 Å². The van der Waals surface area contributed by atoms with E-state index in [4.69, 9.17) is 16.7 Å². The van der Waals surface area contributed by atoms with Crippen LogP contribution in [0.25, 0.3) is 38.8 Å². The number of hydrogen-bond donors (Lipinski definition) is 0. The summed E-state index contributed by atoms with van der Waals surface area (Å²) in [4.78, 5) is 4.27. The highest BCUT2D eigenvalue weighted by atomic mass is 35.5. The van der Waals surface area contributed by atoms with Crippen molar-refractivity contribution in [3.05, 3.63) is 89.3 Å². The van der Waals surface area contributed by atoms with Crippen LogP contribution in [0.4, 0.5) is 17.6 Å². The molecule has 0 aliphatic carbocycles. The average Bonchev–Trinajstić information content (AvgIpc) is 3.15. The highest BCUT2D eigenvalue weighted by Gasteiger charge is 2.31. The predicted octanol–water partition coefficient (Wildman–Crippen LogP) is 7.05. The van der Waals surface area contributed by atoms with Crippen molar-refractivity contribution < 1.29 is 17.6 Å².